The minimum Gasteiger partial charge on any atom is -0.350 e. The van der Waals surface area contributed by atoms with Gasteiger partial charge < -0.3 is 11.1 Å². The minimum atomic E-state index is -0.613. The Morgan fingerprint density at radius 1 is 1.25 bits per heavy atom. The van der Waals surface area contributed by atoms with E-state index in [9.17, 15) is 4.79 Å². The fourth-order valence-corrected chi connectivity index (χ4v) is 3.19. The van der Waals surface area contributed by atoms with Crippen LogP contribution in [0.2, 0.25) is 0 Å². The maximum Gasteiger partial charge on any atom is 0.240 e. The molecular weight excluding hydrogens is 200 g/mol. The molecule has 3 nitrogen and oxygen atoms in total. The van der Waals surface area contributed by atoms with Crippen LogP contribution in [0.25, 0.3) is 0 Å². The molecule has 2 atom stereocenters. The zero-order valence-corrected chi connectivity index (χ0v) is 11.1. The Balaban J connectivity index is 2.00. The number of hydrogen-bond acceptors (Lipinski definition) is 2. The highest BCUT2D eigenvalue weighted by molar-refractivity contribution is 5.87. The quantitative estimate of drug-likeness (QED) is 0.712. The summed E-state index contributed by atoms with van der Waals surface area (Å²) in [5, 5.41) is 3.01. The van der Waals surface area contributed by atoms with Crippen LogP contribution in [0.15, 0.2) is 0 Å². The van der Waals surface area contributed by atoms with E-state index in [-0.39, 0.29) is 11.4 Å². The predicted molar refractivity (Wildman–Crippen MR) is 64.8 cm³/mol. The van der Waals surface area contributed by atoms with Crippen molar-refractivity contribution >= 4 is 5.91 Å². The van der Waals surface area contributed by atoms with E-state index < -0.39 is 5.54 Å². The van der Waals surface area contributed by atoms with Crippen LogP contribution in [-0.4, -0.2) is 17.0 Å². The van der Waals surface area contributed by atoms with Crippen LogP contribution in [0.1, 0.15) is 47.5 Å². The summed E-state index contributed by atoms with van der Waals surface area (Å²) in [6.45, 7) is 10.5. The molecule has 2 fully saturated rings. The third-order valence-corrected chi connectivity index (χ3v) is 4.40. The van der Waals surface area contributed by atoms with Crippen LogP contribution in [0.4, 0.5) is 0 Å². The summed E-state index contributed by atoms with van der Waals surface area (Å²) in [4.78, 5) is 12.1. The van der Waals surface area contributed by atoms with Crippen molar-refractivity contribution in [3.05, 3.63) is 0 Å². The number of amides is 1. The Labute approximate surface area is 98.2 Å². The highest BCUT2D eigenvalue weighted by Crippen LogP contribution is 2.68. The van der Waals surface area contributed by atoms with Gasteiger partial charge in [0.05, 0.1) is 5.54 Å². The Kier molecular flexibility index (Phi) is 2.24. The third-order valence-electron chi connectivity index (χ3n) is 4.40. The molecule has 0 aliphatic heterocycles. The zero-order chi connectivity index (χ0) is 12.4. The number of carbonyl (C=O) groups excluding carboxylic acids is 1. The zero-order valence-electron chi connectivity index (χ0n) is 11.1. The van der Waals surface area contributed by atoms with Crippen molar-refractivity contribution in [2.45, 2.75) is 58.5 Å². The first kappa shape index (κ1) is 11.9. The molecule has 0 radical (unpaired) electrons. The summed E-state index contributed by atoms with van der Waals surface area (Å²) in [6, 6.07) is 0. The molecule has 0 heterocycles. The molecule has 3 N–H and O–H groups in total. The largest absolute Gasteiger partial charge is 0.350 e. The summed E-state index contributed by atoms with van der Waals surface area (Å²) in [5.41, 5.74) is 5.86. The second kappa shape index (κ2) is 3.00. The van der Waals surface area contributed by atoms with Gasteiger partial charge in [0, 0.05) is 5.54 Å². The van der Waals surface area contributed by atoms with Crippen molar-refractivity contribution in [3.8, 4) is 0 Å². The molecule has 0 saturated heterocycles. The number of nitrogens with two attached hydrogens (primary N) is 1. The highest BCUT2D eigenvalue weighted by atomic mass is 16.2. The van der Waals surface area contributed by atoms with Crippen molar-refractivity contribution < 1.29 is 4.79 Å². The van der Waals surface area contributed by atoms with E-state index in [0.717, 1.165) is 12.8 Å². The van der Waals surface area contributed by atoms with Gasteiger partial charge in [-0.05, 0) is 50.9 Å². The first-order valence-electron chi connectivity index (χ1n) is 6.18. The molecule has 2 saturated carbocycles. The van der Waals surface area contributed by atoms with Gasteiger partial charge in [-0.25, -0.2) is 0 Å². The lowest BCUT2D eigenvalue weighted by atomic mass is 9.86. The molecule has 0 aromatic heterocycles. The molecule has 1 amide bonds. The van der Waals surface area contributed by atoms with Crippen molar-refractivity contribution in [3.63, 3.8) is 0 Å². The highest BCUT2D eigenvalue weighted by Gasteiger charge is 2.67. The molecular formula is C13H24N2O. The van der Waals surface area contributed by atoms with Crippen molar-refractivity contribution in [1.29, 1.82) is 0 Å². The molecule has 0 aromatic rings. The van der Waals surface area contributed by atoms with Crippen molar-refractivity contribution in [2.75, 3.05) is 0 Å². The van der Waals surface area contributed by atoms with Crippen molar-refractivity contribution in [2.24, 2.45) is 23.0 Å². The fraction of sp³-hybridized carbons (Fsp3) is 0.923. The number of hydrogen-bond donors (Lipinski definition) is 2. The summed E-state index contributed by atoms with van der Waals surface area (Å²) in [7, 11) is 0. The lowest BCUT2D eigenvalue weighted by Gasteiger charge is -2.31. The van der Waals surface area contributed by atoms with Crippen molar-refractivity contribution in [1.82, 2.24) is 5.32 Å². The van der Waals surface area contributed by atoms with Crippen LogP contribution in [0.3, 0.4) is 0 Å². The van der Waals surface area contributed by atoms with Gasteiger partial charge >= 0.3 is 0 Å². The first-order valence-corrected chi connectivity index (χ1v) is 6.18. The second-order valence-electron chi connectivity index (χ2n) is 7.30. The molecule has 2 aliphatic carbocycles. The summed E-state index contributed by atoms with van der Waals surface area (Å²) in [6.07, 6.45) is 1.71. The number of nitrogens with one attached hydrogen (secondary N) is 1. The predicted octanol–water partition coefficient (Wildman–Crippen LogP) is 1.66. The Morgan fingerprint density at radius 3 is 2.06 bits per heavy atom. The van der Waals surface area contributed by atoms with Crippen LogP contribution in [0.5, 0.6) is 0 Å². The number of rotatable bonds is 1. The Morgan fingerprint density at radius 2 is 1.69 bits per heavy atom. The molecule has 2 aliphatic rings. The van der Waals surface area contributed by atoms with Gasteiger partial charge in [0.1, 0.15) is 0 Å². The van der Waals surface area contributed by atoms with E-state index in [0.29, 0.717) is 17.3 Å². The van der Waals surface area contributed by atoms with E-state index >= 15 is 0 Å². The summed E-state index contributed by atoms with van der Waals surface area (Å²) >= 11 is 0. The smallest absolute Gasteiger partial charge is 0.240 e. The van der Waals surface area contributed by atoms with E-state index in [1.54, 1.807) is 0 Å². The molecule has 0 aromatic carbocycles. The molecule has 2 rings (SSSR count). The van der Waals surface area contributed by atoms with Gasteiger partial charge in [-0.2, -0.15) is 0 Å². The standard InChI is InChI=1S/C13H24N2O/c1-11(2,3)15-10(16)13(14)6-8-9(7-13)12(8,4)5/h8-9H,6-7,14H2,1-5H3,(H,15,16). The van der Waals surface area contributed by atoms with Crippen LogP contribution in [0, 0.1) is 17.3 Å². The van der Waals surface area contributed by atoms with Crippen LogP contribution < -0.4 is 11.1 Å². The molecule has 3 heteroatoms. The van der Waals surface area contributed by atoms with Gasteiger partial charge in [-0.3, -0.25) is 4.79 Å². The monoisotopic (exact) mass is 224 g/mol. The Hall–Kier alpha value is -0.570. The van der Waals surface area contributed by atoms with Gasteiger partial charge in [0.25, 0.3) is 0 Å². The van der Waals surface area contributed by atoms with Gasteiger partial charge in [-0.1, -0.05) is 13.8 Å². The molecule has 2 unspecified atom stereocenters. The van der Waals surface area contributed by atoms with E-state index in [2.05, 4.69) is 19.2 Å². The summed E-state index contributed by atoms with van der Waals surface area (Å²) in [5.74, 6) is 1.34. The van der Waals surface area contributed by atoms with E-state index in [4.69, 9.17) is 5.73 Å². The second-order valence-corrected chi connectivity index (χ2v) is 7.30. The van der Waals surface area contributed by atoms with Gasteiger partial charge in [0.2, 0.25) is 5.91 Å². The maximum absolute atomic E-state index is 12.1. The topological polar surface area (TPSA) is 55.1 Å². The normalized spacial score (nSPS) is 40.4. The Bertz CT molecular complexity index is 313. The molecule has 92 valence electrons. The summed E-state index contributed by atoms with van der Waals surface area (Å²) < 4.78 is 0. The van der Waals surface area contributed by atoms with Crippen LogP contribution in [-0.2, 0) is 4.79 Å². The lowest BCUT2D eigenvalue weighted by Crippen LogP contribution is -2.57. The van der Waals surface area contributed by atoms with Crippen LogP contribution >= 0.6 is 0 Å². The molecule has 0 spiro atoms. The third kappa shape index (κ3) is 1.75. The fourth-order valence-electron chi connectivity index (χ4n) is 3.19. The van der Waals surface area contributed by atoms with Gasteiger partial charge in [-0.15, -0.1) is 0 Å². The lowest BCUT2D eigenvalue weighted by molar-refractivity contribution is -0.128. The average molecular weight is 224 g/mol. The van der Waals surface area contributed by atoms with E-state index in [1.165, 1.54) is 0 Å². The maximum atomic E-state index is 12.1. The molecule has 0 bridgehead atoms. The SMILES string of the molecule is CC(C)(C)NC(=O)C1(N)CC2C(C1)C2(C)C. The van der Waals surface area contributed by atoms with E-state index in [1.807, 2.05) is 20.8 Å². The van der Waals surface area contributed by atoms with Gasteiger partial charge in [0.15, 0.2) is 0 Å². The minimum absolute atomic E-state index is 0.0306. The average Bonchev–Trinajstić information content (AvgIpc) is 2.45. The number of fused-ring (bicyclic) bond motifs is 1. The first-order chi connectivity index (χ1) is 7.06. The molecule has 16 heavy (non-hydrogen) atoms. The number of carbonyl (C=O) groups is 1.